The summed E-state index contributed by atoms with van der Waals surface area (Å²) in [7, 11) is 5.00. The summed E-state index contributed by atoms with van der Waals surface area (Å²) in [6.45, 7) is 12.8. The minimum Gasteiger partial charge on any atom is -0.455 e. The highest BCUT2D eigenvalue weighted by Gasteiger charge is 2.61. The molecule has 13 atom stereocenters. The van der Waals surface area contributed by atoms with E-state index in [2.05, 4.69) is 10.3 Å². The zero-order valence-corrected chi connectivity index (χ0v) is 37.6. The molecular formula is C43H63FN6O12. The van der Waals surface area contributed by atoms with Crippen LogP contribution in [-0.2, 0) is 44.6 Å². The summed E-state index contributed by atoms with van der Waals surface area (Å²) in [5.41, 5.74) is -5.44. The number of fused-ring (bicyclic) bond motifs is 1. The van der Waals surface area contributed by atoms with Crippen LogP contribution in [0, 0.1) is 27.9 Å². The van der Waals surface area contributed by atoms with Crippen LogP contribution < -0.4 is 0 Å². The van der Waals surface area contributed by atoms with Crippen molar-refractivity contribution < 1.29 is 57.3 Å². The minimum atomic E-state index is -3.21. The number of nitrogens with zero attached hydrogens (tertiary/aromatic N) is 6. The van der Waals surface area contributed by atoms with Crippen LogP contribution in [0.4, 0.5) is 14.9 Å². The van der Waals surface area contributed by atoms with Gasteiger partial charge in [0.2, 0.25) is 0 Å². The molecule has 0 unspecified atom stereocenters. The predicted octanol–water partition coefficient (Wildman–Crippen LogP) is 4.93. The zero-order valence-electron chi connectivity index (χ0n) is 37.6. The largest absolute Gasteiger partial charge is 0.455 e. The van der Waals surface area contributed by atoms with Crippen molar-refractivity contribution in [3.63, 3.8) is 0 Å². The third-order valence-corrected chi connectivity index (χ3v) is 13.1. The number of aromatic nitrogens is 3. The molecule has 1 aromatic carbocycles. The number of hydrogen-bond acceptors (Lipinski definition) is 15. The van der Waals surface area contributed by atoms with E-state index in [1.54, 1.807) is 57.6 Å². The van der Waals surface area contributed by atoms with Gasteiger partial charge in [-0.25, -0.2) is 14.0 Å². The molecule has 19 heteroatoms. The van der Waals surface area contributed by atoms with E-state index in [9.17, 15) is 34.4 Å². The number of hydrogen-bond donors (Lipinski definition) is 1. The molecule has 3 aliphatic heterocycles. The number of methoxy groups -OCH3 is 1. The number of ether oxygens (including phenoxy) is 5. The minimum absolute atomic E-state index is 0.0381. The van der Waals surface area contributed by atoms with E-state index in [0.29, 0.717) is 37.1 Å². The first kappa shape index (κ1) is 48.6. The summed E-state index contributed by atoms with van der Waals surface area (Å²) in [5.74, 6) is -6.02. The molecule has 1 amide bonds. The summed E-state index contributed by atoms with van der Waals surface area (Å²) in [6, 6.07) is 4.68. The molecule has 62 heavy (non-hydrogen) atoms. The summed E-state index contributed by atoms with van der Waals surface area (Å²) in [4.78, 5) is 70.8. The van der Waals surface area contributed by atoms with Crippen LogP contribution in [0.1, 0.15) is 87.5 Å². The highest BCUT2D eigenvalue weighted by molar-refractivity contribution is 6.08. The van der Waals surface area contributed by atoms with Gasteiger partial charge in [-0.3, -0.25) is 24.4 Å². The van der Waals surface area contributed by atoms with Crippen LogP contribution in [0.2, 0.25) is 0 Å². The number of likely N-dealkylation sites (N-methyl/N-ethyl adjacent to an activating group) is 1. The number of halogens is 1. The summed E-state index contributed by atoms with van der Waals surface area (Å²) in [5, 5.41) is 31.0. The molecular weight excluding hydrogens is 812 g/mol. The summed E-state index contributed by atoms with van der Waals surface area (Å²) < 4.78 is 49.0. The van der Waals surface area contributed by atoms with Crippen molar-refractivity contribution in [1.29, 1.82) is 0 Å². The smallest absolute Gasteiger partial charge is 0.410 e. The number of ketones is 2. The number of nitro groups is 1. The number of unbranched alkanes of at least 4 members (excludes halogenated alkanes) is 1. The van der Waals surface area contributed by atoms with E-state index in [0.717, 1.165) is 6.92 Å². The number of carbonyl (C=O) groups is 4. The summed E-state index contributed by atoms with van der Waals surface area (Å²) >= 11 is 0. The highest BCUT2D eigenvalue weighted by Crippen LogP contribution is 2.44. The molecule has 5 rings (SSSR count). The van der Waals surface area contributed by atoms with Gasteiger partial charge >= 0.3 is 12.1 Å². The lowest BCUT2D eigenvalue weighted by Gasteiger charge is -2.47. The quantitative estimate of drug-likeness (QED) is 0.0984. The average molecular weight is 875 g/mol. The second-order valence-corrected chi connectivity index (χ2v) is 18.0. The van der Waals surface area contributed by atoms with Gasteiger partial charge in [-0.1, -0.05) is 45.0 Å². The van der Waals surface area contributed by atoms with E-state index in [1.165, 1.54) is 31.1 Å². The Bertz CT molecular complexity index is 1960. The third kappa shape index (κ3) is 9.71. The molecule has 1 N–H and O–H groups in total. The van der Waals surface area contributed by atoms with Gasteiger partial charge in [0.05, 0.1) is 35.0 Å². The van der Waals surface area contributed by atoms with Gasteiger partial charge < -0.3 is 38.6 Å². The Morgan fingerprint density at radius 3 is 2.37 bits per heavy atom. The number of rotatable bonds is 12. The van der Waals surface area contributed by atoms with Gasteiger partial charge in [0.15, 0.2) is 17.7 Å². The van der Waals surface area contributed by atoms with Gasteiger partial charge in [-0.15, -0.1) is 5.10 Å². The van der Waals surface area contributed by atoms with E-state index in [4.69, 9.17) is 23.7 Å². The molecule has 3 aliphatic rings. The fourth-order valence-electron chi connectivity index (χ4n) is 9.59. The number of aliphatic hydroxyl groups excluding tert-OH is 1. The number of carbonyl (C=O) groups excluding carboxylic acids is 4. The first-order valence-electron chi connectivity index (χ1n) is 21.3. The second-order valence-electron chi connectivity index (χ2n) is 18.0. The molecule has 3 fully saturated rings. The number of benzene rings is 1. The van der Waals surface area contributed by atoms with Crippen LogP contribution >= 0.6 is 0 Å². The maximum Gasteiger partial charge on any atom is 0.410 e. The van der Waals surface area contributed by atoms with E-state index < -0.39 is 88.0 Å². The molecule has 3 saturated heterocycles. The molecule has 0 saturated carbocycles. The molecule has 0 bridgehead atoms. The van der Waals surface area contributed by atoms with Crippen molar-refractivity contribution in [2.24, 2.45) is 17.8 Å². The van der Waals surface area contributed by atoms with Crippen LogP contribution in [0.25, 0.3) is 11.3 Å². The van der Waals surface area contributed by atoms with Gasteiger partial charge in [0.25, 0.3) is 11.4 Å². The number of alkyl halides is 1. The van der Waals surface area contributed by atoms with Crippen LogP contribution in [0.3, 0.4) is 0 Å². The van der Waals surface area contributed by atoms with E-state index in [1.807, 2.05) is 25.9 Å². The van der Waals surface area contributed by atoms with Gasteiger partial charge in [-0.05, 0) is 73.9 Å². The number of Topliss-reactive ketones (excluding diaryl/α,β-unsaturated/α-hetero) is 2. The summed E-state index contributed by atoms with van der Waals surface area (Å²) in [6.07, 6.45) is -3.10. The fraction of sp³-hybridized carbons (Fsp3) is 0.721. The zero-order chi connectivity index (χ0) is 46.1. The Morgan fingerprint density at radius 1 is 1.06 bits per heavy atom. The van der Waals surface area contributed by atoms with E-state index >= 15 is 4.39 Å². The van der Waals surface area contributed by atoms with E-state index in [-0.39, 0.29) is 43.0 Å². The molecule has 18 nitrogen and oxygen atoms in total. The Balaban J connectivity index is 1.44. The van der Waals surface area contributed by atoms with Crippen LogP contribution in [0.5, 0.6) is 0 Å². The number of aryl methyl sites for hydroxylation is 1. The monoisotopic (exact) mass is 874 g/mol. The number of nitro benzene ring substituents is 1. The first-order chi connectivity index (χ1) is 29.0. The van der Waals surface area contributed by atoms with Gasteiger partial charge in [-0.2, -0.15) is 0 Å². The van der Waals surface area contributed by atoms with Crippen LogP contribution in [-0.4, -0.2) is 146 Å². The Morgan fingerprint density at radius 2 is 1.74 bits per heavy atom. The molecule has 344 valence electrons. The van der Waals surface area contributed by atoms with Crippen molar-refractivity contribution in [1.82, 2.24) is 24.8 Å². The van der Waals surface area contributed by atoms with Crippen molar-refractivity contribution in [3.05, 3.63) is 40.6 Å². The van der Waals surface area contributed by atoms with Crippen molar-refractivity contribution in [3.8, 4) is 11.3 Å². The molecule has 2 aromatic rings. The standard InChI is InChI=1S/C43H63FN6O12/c1-12-32-43(8)35(49(40(55)62-43)19-14-13-18-48-23-30(45-46-48)28-16-15-17-29(21-28)50(56)57)26(4)33(51)24(2)22-41(6,58-11)37(27(5)36(53)42(7,44)39(54)60-32)61-38-34(52)31(47(9)10)20-25(3)59-38/h15-17,21,23-27,31-32,34-35,37-38,52H,12-14,18-20,22H2,1-11H3/t24-,25-,26+,27+,31+,32-,34-,35+,37-,38+,41+,42+,43-/m1/s1. The van der Waals surface area contributed by atoms with Gasteiger partial charge in [0, 0.05) is 61.7 Å². The normalized spacial score (nSPS) is 36.3. The predicted molar refractivity (Wildman–Crippen MR) is 221 cm³/mol. The Hall–Kier alpha value is -4.43. The first-order valence-corrected chi connectivity index (χ1v) is 21.3. The molecule has 0 spiro atoms. The molecule has 1 aromatic heterocycles. The number of non-ortho nitro benzene ring substituents is 1. The van der Waals surface area contributed by atoms with Crippen molar-refractivity contribution in [2.75, 3.05) is 27.7 Å². The Labute approximate surface area is 361 Å². The number of cyclic esters (lactones) is 1. The number of aliphatic hydroxyl groups is 1. The maximum absolute atomic E-state index is 16.9. The number of amides is 1. The lowest BCUT2D eigenvalue weighted by Crippen LogP contribution is -2.61. The van der Waals surface area contributed by atoms with Crippen molar-refractivity contribution >= 4 is 29.3 Å². The SMILES string of the molecule is CC[C@H]1OC(=O)[C@@](C)(F)C(=O)[C@H](C)[C@@H](O[C@@H]2O[C@H](C)C[C@H](N(C)C)[C@H]2O)[C@@](C)(OC)C[C@@H](C)C(=O)[C@H](C)[C@@H]2N(CCCCn3cc(-c4cccc([N+](=O)[O-])c4)nn3)C(=O)O[C@@]21C. The third-order valence-electron chi connectivity index (χ3n) is 13.1. The van der Waals surface area contributed by atoms with Crippen LogP contribution in [0.15, 0.2) is 30.5 Å². The highest BCUT2D eigenvalue weighted by atomic mass is 19.1. The molecule has 0 aliphatic carbocycles. The topological polar surface area (TPSA) is 215 Å². The van der Waals surface area contributed by atoms with Crippen molar-refractivity contribution in [2.45, 2.75) is 154 Å². The fourth-order valence-corrected chi connectivity index (χ4v) is 9.59. The molecule has 4 heterocycles. The van der Waals surface area contributed by atoms with Gasteiger partial charge in [0.1, 0.15) is 23.7 Å². The number of esters is 1. The maximum atomic E-state index is 16.9. The lowest BCUT2D eigenvalue weighted by molar-refractivity contribution is -0.384. The second kappa shape index (κ2) is 19.1. The molecule has 0 radical (unpaired) electrons. The average Bonchev–Trinajstić information content (AvgIpc) is 3.81. The Kier molecular flexibility index (Phi) is 15.0. The lowest BCUT2D eigenvalue weighted by atomic mass is 9.73.